The van der Waals surface area contributed by atoms with E-state index in [0.29, 0.717) is 19.8 Å². The number of nitro groups is 2. The monoisotopic (exact) mass is 427 g/mol. The molecule has 1 N–H and O–H groups in total. The normalized spacial score (nSPS) is 13.6. The molecule has 2 aromatic rings. The Morgan fingerprint density at radius 3 is 2.19 bits per heavy atom. The number of pyridine rings is 2. The van der Waals surface area contributed by atoms with Crippen LogP contribution in [0.3, 0.4) is 0 Å². The van der Waals surface area contributed by atoms with Gasteiger partial charge in [0.2, 0.25) is 5.82 Å². The van der Waals surface area contributed by atoms with Crippen LogP contribution in [-0.4, -0.2) is 45.9 Å². The third-order valence-electron chi connectivity index (χ3n) is 3.05. The lowest BCUT2D eigenvalue weighted by molar-refractivity contribution is -0.386. The molecule has 12 heteroatoms. The topological polar surface area (TPSA) is 143 Å². The highest BCUT2D eigenvalue weighted by Crippen LogP contribution is 2.21. The third kappa shape index (κ3) is 5.68. The van der Waals surface area contributed by atoms with Crippen LogP contribution in [0.1, 0.15) is 0 Å². The molecule has 0 bridgehead atoms. The van der Waals surface area contributed by atoms with Crippen molar-refractivity contribution in [2.24, 2.45) is 0 Å². The lowest BCUT2D eigenvalue weighted by atomic mass is 10.4. The highest BCUT2D eigenvalue weighted by molar-refractivity contribution is 9.10. The molecule has 26 heavy (non-hydrogen) atoms. The second-order valence-electron chi connectivity index (χ2n) is 4.75. The van der Waals surface area contributed by atoms with E-state index in [0.717, 1.165) is 0 Å². The Balaban J connectivity index is 0.000000209. The van der Waals surface area contributed by atoms with Gasteiger partial charge in [0.05, 0.1) is 29.6 Å². The molecule has 1 aliphatic rings. The largest absolute Gasteiger partial charge is 0.359 e. The second-order valence-corrected chi connectivity index (χ2v) is 5.50. The molecule has 1 saturated heterocycles. The summed E-state index contributed by atoms with van der Waals surface area (Å²) in [6, 6.07) is 5.82. The minimum atomic E-state index is -0.489. The molecule has 0 saturated carbocycles. The van der Waals surface area contributed by atoms with Crippen molar-refractivity contribution in [2.75, 3.05) is 25.1 Å². The summed E-state index contributed by atoms with van der Waals surface area (Å²) in [6.07, 6.45) is 2.62. The molecule has 0 aromatic carbocycles. The fraction of sp³-hybridized carbons (Fsp3) is 0.286. The summed E-state index contributed by atoms with van der Waals surface area (Å²) in [5.41, 5.74) is -0.0667. The van der Waals surface area contributed by atoms with Crippen LogP contribution >= 0.6 is 15.9 Å². The third-order valence-corrected chi connectivity index (χ3v) is 3.66. The molecule has 1 aliphatic heterocycles. The van der Waals surface area contributed by atoms with Gasteiger partial charge in [-0.15, -0.1) is 0 Å². The number of hydrogen-bond acceptors (Lipinski definition) is 9. The summed E-state index contributed by atoms with van der Waals surface area (Å²) in [6.45, 7) is 1.45. The van der Waals surface area contributed by atoms with Gasteiger partial charge in [-0.05, 0) is 28.1 Å². The van der Waals surface area contributed by atoms with Crippen molar-refractivity contribution >= 4 is 33.1 Å². The van der Waals surface area contributed by atoms with Gasteiger partial charge >= 0.3 is 11.4 Å². The van der Waals surface area contributed by atoms with Gasteiger partial charge in [0, 0.05) is 24.5 Å². The lowest BCUT2D eigenvalue weighted by Crippen LogP contribution is -2.21. The Kier molecular flexibility index (Phi) is 7.32. The summed E-state index contributed by atoms with van der Waals surface area (Å²) in [5, 5.41) is 23.7. The molecule has 1 fully saturated rings. The Hall–Kier alpha value is -2.70. The van der Waals surface area contributed by atoms with E-state index in [1.54, 1.807) is 0 Å². The van der Waals surface area contributed by atoms with Crippen molar-refractivity contribution < 1.29 is 19.3 Å². The maximum absolute atomic E-state index is 10.7. The number of aromatic nitrogens is 2. The average Bonchev–Trinajstić information content (AvgIpc) is 3.14. The van der Waals surface area contributed by atoms with Crippen LogP contribution in [0.5, 0.6) is 0 Å². The van der Waals surface area contributed by atoms with E-state index in [2.05, 4.69) is 31.2 Å². The molecule has 3 heterocycles. The number of halogens is 1. The molecule has 0 aliphatic carbocycles. The summed E-state index contributed by atoms with van der Waals surface area (Å²) in [5.74, 6) is 0.228. The zero-order valence-electron chi connectivity index (χ0n) is 13.3. The predicted molar refractivity (Wildman–Crippen MR) is 93.7 cm³/mol. The van der Waals surface area contributed by atoms with E-state index in [-0.39, 0.29) is 28.1 Å². The minimum Gasteiger partial charge on any atom is -0.359 e. The Labute approximate surface area is 155 Å². The van der Waals surface area contributed by atoms with E-state index in [1.165, 1.54) is 36.7 Å². The van der Waals surface area contributed by atoms with Crippen LogP contribution < -0.4 is 5.32 Å². The highest BCUT2D eigenvalue weighted by atomic mass is 79.9. The zero-order valence-corrected chi connectivity index (χ0v) is 14.9. The Morgan fingerprint density at radius 2 is 1.65 bits per heavy atom. The van der Waals surface area contributed by atoms with Crippen LogP contribution in [0.2, 0.25) is 0 Å². The van der Waals surface area contributed by atoms with Crippen LogP contribution in [-0.2, 0) is 9.47 Å². The molecule has 3 rings (SSSR count). The minimum absolute atomic E-state index is 0.0116. The predicted octanol–water partition coefficient (Wildman–Crippen LogP) is 2.53. The molecule has 2 aromatic heterocycles. The lowest BCUT2D eigenvalue weighted by Gasteiger charge is -2.10. The number of nitrogens with zero attached hydrogens (tertiary/aromatic N) is 4. The summed E-state index contributed by atoms with van der Waals surface area (Å²) in [7, 11) is 0. The first kappa shape index (κ1) is 19.6. The first-order valence-corrected chi connectivity index (χ1v) is 8.09. The SMILES string of the molecule is O=[N+]([O-])c1cccnc1Br.O=[N+]([O-])c1cccnc1NCC1OCCO1. The van der Waals surface area contributed by atoms with Gasteiger partial charge in [-0.2, -0.15) is 0 Å². The molecule has 138 valence electrons. The van der Waals surface area contributed by atoms with Crippen molar-refractivity contribution in [1.82, 2.24) is 9.97 Å². The van der Waals surface area contributed by atoms with Gasteiger partial charge in [-0.25, -0.2) is 9.97 Å². The maximum atomic E-state index is 10.7. The van der Waals surface area contributed by atoms with Crippen LogP contribution in [0.4, 0.5) is 17.2 Å². The molecule has 0 radical (unpaired) electrons. The van der Waals surface area contributed by atoms with Crippen LogP contribution in [0, 0.1) is 20.2 Å². The molecule has 0 atom stereocenters. The molecular formula is C14H14BrN5O6. The standard InChI is InChI=1S/C9H11N3O4.C5H3BrN2O2/c13-12(14)7-2-1-3-10-9(7)11-6-8-15-4-5-16-8;6-5-4(8(9)10)2-1-3-7-5/h1-3,8H,4-6H2,(H,10,11);1-3H. The van der Waals surface area contributed by atoms with Crippen molar-refractivity contribution in [2.45, 2.75) is 6.29 Å². The molecular weight excluding hydrogens is 414 g/mol. The van der Waals surface area contributed by atoms with E-state index < -0.39 is 9.85 Å². The fourth-order valence-corrected chi connectivity index (χ4v) is 2.29. The van der Waals surface area contributed by atoms with Crippen molar-refractivity contribution in [3.8, 4) is 0 Å². The second kappa shape index (κ2) is 9.70. The maximum Gasteiger partial charge on any atom is 0.311 e. The number of hydrogen-bond donors (Lipinski definition) is 1. The highest BCUT2D eigenvalue weighted by Gasteiger charge is 2.19. The molecule has 0 spiro atoms. The smallest absolute Gasteiger partial charge is 0.311 e. The molecule has 11 nitrogen and oxygen atoms in total. The van der Waals surface area contributed by atoms with Gasteiger partial charge in [0.1, 0.15) is 0 Å². The van der Waals surface area contributed by atoms with E-state index in [9.17, 15) is 20.2 Å². The molecule has 0 amide bonds. The summed E-state index contributed by atoms with van der Waals surface area (Å²) < 4.78 is 10.6. The van der Waals surface area contributed by atoms with Crippen molar-refractivity contribution in [1.29, 1.82) is 0 Å². The van der Waals surface area contributed by atoms with Gasteiger partial charge in [0.25, 0.3) is 0 Å². The number of nitrogens with one attached hydrogen (secondary N) is 1. The first-order chi connectivity index (χ1) is 12.5. The summed E-state index contributed by atoms with van der Waals surface area (Å²) in [4.78, 5) is 27.4. The quantitative estimate of drug-likeness (QED) is 0.432. The van der Waals surface area contributed by atoms with Gasteiger partial charge in [0.15, 0.2) is 10.9 Å². The van der Waals surface area contributed by atoms with E-state index in [1.807, 2.05) is 0 Å². The van der Waals surface area contributed by atoms with Gasteiger partial charge < -0.3 is 14.8 Å². The molecule has 0 unspecified atom stereocenters. The Morgan fingerprint density at radius 1 is 1.08 bits per heavy atom. The Bertz CT molecular complexity index is 771. The summed E-state index contributed by atoms with van der Waals surface area (Å²) >= 11 is 2.94. The first-order valence-electron chi connectivity index (χ1n) is 7.30. The van der Waals surface area contributed by atoms with Crippen LogP contribution in [0.25, 0.3) is 0 Å². The van der Waals surface area contributed by atoms with Crippen LogP contribution in [0.15, 0.2) is 41.3 Å². The van der Waals surface area contributed by atoms with Crippen molar-refractivity contribution in [3.63, 3.8) is 0 Å². The van der Waals surface area contributed by atoms with E-state index in [4.69, 9.17) is 9.47 Å². The number of rotatable bonds is 5. The van der Waals surface area contributed by atoms with Crippen molar-refractivity contribution in [3.05, 3.63) is 61.5 Å². The fourth-order valence-electron chi connectivity index (χ4n) is 1.90. The van der Waals surface area contributed by atoms with Gasteiger partial charge in [-0.3, -0.25) is 20.2 Å². The van der Waals surface area contributed by atoms with Gasteiger partial charge in [-0.1, -0.05) is 0 Å². The van der Waals surface area contributed by atoms with E-state index >= 15 is 0 Å². The average molecular weight is 428 g/mol. The number of ether oxygens (including phenoxy) is 2. The zero-order chi connectivity index (χ0) is 18.9. The number of anilines is 1.